The minimum absolute atomic E-state index is 0.173. The highest BCUT2D eigenvalue weighted by atomic mass is 32.2. The number of rotatable bonds is 7. The van der Waals surface area contributed by atoms with Gasteiger partial charge in [0, 0.05) is 10.9 Å². The molecule has 0 saturated carbocycles. The van der Waals surface area contributed by atoms with Gasteiger partial charge in [-0.25, -0.2) is 13.4 Å². The molecule has 4 rings (SSSR count). The van der Waals surface area contributed by atoms with Crippen molar-refractivity contribution >= 4 is 33.4 Å². The van der Waals surface area contributed by atoms with Crippen LogP contribution < -0.4 is 10.0 Å². The van der Waals surface area contributed by atoms with E-state index in [-0.39, 0.29) is 23.2 Å². The first kappa shape index (κ1) is 21.5. The van der Waals surface area contributed by atoms with Crippen LogP contribution in [-0.2, 0) is 10.9 Å². The van der Waals surface area contributed by atoms with E-state index in [9.17, 15) is 13.2 Å². The average Bonchev–Trinajstić information content (AvgIpc) is 2.82. The van der Waals surface area contributed by atoms with Gasteiger partial charge >= 0.3 is 0 Å². The largest absolute Gasteiger partial charge is 0.345 e. The molecule has 0 fully saturated rings. The summed E-state index contributed by atoms with van der Waals surface area (Å²) < 4.78 is 25.9. The van der Waals surface area contributed by atoms with Crippen LogP contribution in [0.4, 0.5) is 5.69 Å². The van der Waals surface area contributed by atoms with E-state index in [2.05, 4.69) is 15.0 Å². The van der Waals surface area contributed by atoms with Gasteiger partial charge < -0.3 is 5.32 Å². The predicted octanol–water partition coefficient (Wildman–Crippen LogP) is 4.72. The van der Waals surface area contributed by atoms with Crippen molar-refractivity contribution in [3.8, 4) is 11.3 Å². The maximum Gasteiger partial charge on any atom is 0.254 e. The number of thiol groups is 1. The van der Waals surface area contributed by atoms with Gasteiger partial charge in [-0.3, -0.25) is 9.52 Å². The number of fused-ring (bicyclic) bond motifs is 1. The molecule has 1 unspecified atom stereocenters. The first-order valence-electron chi connectivity index (χ1n) is 10.3. The Morgan fingerprint density at radius 1 is 0.906 bits per heavy atom. The number of benzene rings is 3. The van der Waals surface area contributed by atoms with Gasteiger partial charge in [0.1, 0.15) is 0 Å². The van der Waals surface area contributed by atoms with Crippen LogP contribution in [0.3, 0.4) is 0 Å². The fourth-order valence-corrected chi connectivity index (χ4v) is 4.19. The van der Waals surface area contributed by atoms with Gasteiger partial charge in [0.15, 0.2) is 0 Å². The summed E-state index contributed by atoms with van der Waals surface area (Å²) in [4.78, 5) is 18.3. The minimum atomic E-state index is -3.02. The van der Waals surface area contributed by atoms with Crippen LogP contribution in [0.15, 0.2) is 84.9 Å². The lowest BCUT2D eigenvalue weighted by Crippen LogP contribution is -2.29. The second-order valence-electron chi connectivity index (χ2n) is 7.31. The summed E-state index contributed by atoms with van der Waals surface area (Å²) in [6.45, 7) is 1.99. The lowest BCUT2D eigenvalue weighted by atomic mass is 9.99. The molecule has 0 aliphatic heterocycles. The number of carbonyl (C=O) groups is 1. The summed E-state index contributed by atoms with van der Waals surface area (Å²) in [5, 5.41) is 3.66. The van der Waals surface area contributed by atoms with E-state index in [1.165, 1.54) is 0 Å². The molecular weight excluding hydrogens is 422 g/mol. The molecule has 32 heavy (non-hydrogen) atoms. The van der Waals surface area contributed by atoms with Crippen LogP contribution in [0.1, 0.15) is 35.3 Å². The van der Waals surface area contributed by atoms with Crippen molar-refractivity contribution in [3.05, 3.63) is 96.1 Å². The van der Waals surface area contributed by atoms with Crippen molar-refractivity contribution in [2.45, 2.75) is 19.4 Å². The second-order valence-corrected chi connectivity index (χ2v) is 8.05. The molecule has 6 nitrogen and oxygen atoms in total. The number of para-hydroxylation sites is 1. The Kier molecular flexibility index (Phi) is 6.47. The van der Waals surface area contributed by atoms with Gasteiger partial charge in [-0.05, 0) is 18.1 Å². The molecule has 0 aliphatic carbocycles. The van der Waals surface area contributed by atoms with E-state index in [0.29, 0.717) is 28.6 Å². The van der Waals surface area contributed by atoms with Gasteiger partial charge in [-0.15, -0.1) is 0 Å². The lowest BCUT2D eigenvalue weighted by Gasteiger charge is -2.21. The molecule has 1 amide bonds. The predicted molar refractivity (Wildman–Crippen MR) is 128 cm³/mol. The molecule has 0 saturated heterocycles. The molecule has 0 bridgehead atoms. The fourth-order valence-electron chi connectivity index (χ4n) is 3.79. The van der Waals surface area contributed by atoms with Crippen LogP contribution in [-0.4, -0.2) is 19.3 Å². The molecule has 0 aliphatic rings. The number of aromatic nitrogens is 1. The van der Waals surface area contributed by atoms with Gasteiger partial charge in [-0.1, -0.05) is 85.8 Å². The van der Waals surface area contributed by atoms with Crippen LogP contribution in [0.2, 0.25) is 0 Å². The Balaban J connectivity index is 1.91. The first-order valence-corrected chi connectivity index (χ1v) is 11.5. The number of amides is 1. The summed E-state index contributed by atoms with van der Waals surface area (Å²) >= 11 is 0. The number of hydrogen-bond donors (Lipinski definition) is 3. The van der Waals surface area contributed by atoms with E-state index in [1.807, 2.05) is 79.7 Å². The number of carbonyl (C=O) groups excluding carboxylic acids is 1. The number of hydrogen-bond acceptors (Lipinski definition) is 4. The molecule has 162 valence electrons. The second kappa shape index (κ2) is 9.62. The summed E-state index contributed by atoms with van der Waals surface area (Å²) in [7, 11) is -3.02. The molecule has 1 aromatic heterocycles. The van der Waals surface area contributed by atoms with Crippen LogP contribution in [0.25, 0.3) is 22.2 Å². The normalized spacial score (nSPS) is 11.9. The Bertz CT molecular complexity index is 1310. The number of pyridine rings is 1. The van der Waals surface area contributed by atoms with E-state index in [4.69, 9.17) is 0 Å². The Labute approximate surface area is 188 Å². The lowest BCUT2D eigenvalue weighted by molar-refractivity contribution is 0.0938. The molecule has 1 atom stereocenters. The Morgan fingerprint density at radius 3 is 2.19 bits per heavy atom. The van der Waals surface area contributed by atoms with Gasteiger partial charge in [0.25, 0.3) is 5.91 Å². The molecular formula is C25H23N3O3S. The summed E-state index contributed by atoms with van der Waals surface area (Å²) in [5.74, 6) is -0.365. The first-order chi connectivity index (χ1) is 15.6. The summed E-state index contributed by atoms with van der Waals surface area (Å²) in [5.41, 5.74) is 3.13. The number of nitrogens with zero attached hydrogens (tertiary/aromatic N) is 1. The van der Waals surface area contributed by atoms with E-state index < -0.39 is 10.9 Å². The third-order valence-electron chi connectivity index (χ3n) is 5.29. The molecule has 4 aromatic rings. The molecule has 1 heterocycles. The zero-order valence-electron chi connectivity index (χ0n) is 17.5. The molecule has 7 heteroatoms. The number of anilines is 1. The Morgan fingerprint density at radius 2 is 1.53 bits per heavy atom. The van der Waals surface area contributed by atoms with Crippen molar-refractivity contribution < 1.29 is 13.2 Å². The van der Waals surface area contributed by atoms with Gasteiger partial charge in [0.05, 0.1) is 28.5 Å². The van der Waals surface area contributed by atoms with Crippen molar-refractivity contribution in [3.63, 3.8) is 0 Å². The van der Waals surface area contributed by atoms with Crippen molar-refractivity contribution in [2.24, 2.45) is 0 Å². The quantitative estimate of drug-likeness (QED) is 0.359. The van der Waals surface area contributed by atoms with E-state index >= 15 is 0 Å². The molecule has 0 radical (unpaired) electrons. The highest BCUT2D eigenvalue weighted by Gasteiger charge is 2.24. The summed E-state index contributed by atoms with van der Waals surface area (Å²) in [6.07, 6.45) is 0.683. The summed E-state index contributed by atoms with van der Waals surface area (Å²) in [6, 6.07) is 25.9. The number of nitrogens with one attached hydrogen (secondary N) is 2. The smallest absolute Gasteiger partial charge is 0.254 e. The fraction of sp³-hybridized carbons (Fsp3) is 0.120. The standard InChI is InChI=1S/C25H23N3O3S/c1-2-20(17-11-5-3-6-12-17)27-25(29)22-19-15-9-10-16-21(19)26-23(24(22)28-32(30)31)18-13-7-4-8-14-18/h3-16,20,32H,2H2,1H3,(H,27,29)(H,28,30,31). The molecule has 3 aromatic carbocycles. The van der Waals surface area contributed by atoms with Crippen LogP contribution in [0, 0.1) is 0 Å². The molecule has 2 N–H and O–H groups in total. The minimum Gasteiger partial charge on any atom is -0.345 e. The third-order valence-corrected chi connectivity index (χ3v) is 5.69. The zero-order valence-corrected chi connectivity index (χ0v) is 18.4. The van der Waals surface area contributed by atoms with E-state index in [1.54, 1.807) is 12.1 Å². The SMILES string of the molecule is CCC(NC(=O)c1c(N[SH](=O)=O)c(-c2ccccc2)nc2ccccc12)c1ccccc1. The average molecular weight is 446 g/mol. The van der Waals surface area contributed by atoms with Crippen molar-refractivity contribution in [1.29, 1.82) is 0 Å². The van der Waals surface area contributed by atoms with Gasteiger partial charge in [-0.2, -0.15) is 0 Å². The topological polar surface area (TPSA) is 88.2 Å². The third kappa shape index (κ3) is 4.48. The molecule has 0 spiro atoms. The van der Waals surface area contributed by atoms with Gasteiger partial charge in [0.2, 0.25) is 10.9 Å². The van der Waals surface area contributed by atoms with Crippen LogP contribution >= 0.6 is 0 Å². The van der Waals surface area contributed by atoms with Crippen molar-refractivity contribution in [2.75, 3.05) is 4.72 Å². The monoisotopic (exact) mass is 445 g/mol. The zero-order chi connectivity index (χ0) is 22.5. The highest BCUT2D eigenvalue weighted by Crippen LogP contribution is 2.35. The van der Waals surface area contributed by atoms with Crippen LogP contribution in [0.5, 0.6) is 0 Å². The Hall–Kier alpha value is -3.71. The van der Waals surface area contributed by atoms with E-state index in [0.717, 1.165) is 5.56 Å². The van der Waals surface area contributed by atoms with Crippen molar-refractivity contribution in [1.82, 2.24) is 10.3 Å². The maximum absolute atomic E-state index is 13.6. The maximum atomic E-state index is 13.6. The highest BCUT2D eigenvalue weighted by molar-refractivity contribution is 7.73.